The van der Waals surface area contributed by atoms with Crippen molar-refractivity contribution in [2.45, 2.75) is 26.3 Å². The summed E-state index contributed by atoms with van der Waals surface area (Å²) < 4.78 is 25.9. The number of anilines is 2. The predicted molar refractivity (Wildman–Crippen MR) is 76.8 cm³/mol. The molecule has 0 unspecified atom stereocenters. The molecule has 0 saturated heterocycles. The second kappa shape index (κ2) is 6.32. The Balaban J connectivity index is 2.19. The molecule has 0 aliphatic rings. The summed E-state index contributed by atoms with van der Waals surface area (Å²) >= 11 is 0. The number of nitrogen functional groups attached to an aromatic ring is 1. The number of rotatable bonds is 5. The Morgan fingerprint density at radius 3 is 2.80 bits per heavy atom. The van der Waals surface area contributed by atoms with Gasteiger partial charge in [-0.3, -0.25) is 4.98 Å². The van der Waals surface area contributed by atoms with Crippen LogP contribution < -0.4 is 11.1 Å². The molecule has 2 aromatic rings. The van der Waals surface area contributed by atoms with E-state index in [1.54, 1.807) is 18.3 Å². The van der Waals surface area contributed by atoms with Crippen molar-refractivity contribution in [1.29, 1.82) is 0 Å². The Kier molecular flexibility index (Phi) is 4.50. The zero-order valence-electron chi connectivity index (χ0n) is 11.2. The molecule has 20 heavy (non-hydrogen) atoms. The largest absolute Gasteiger partial charge is 0.399 e. The lowest BCUT2D eigenvalue weighted by Gasteiger charge is -2.13. The summed E-state index contributed by atoms with van der Waals surface area (Å²) in [4.78, 5) is 4.28. The summed E-state index contributed by atoms with van der Waals surface area (Å²) in [5, 5.41) is 3.01. The van der Waals surface area contributed by atoms with Gasteiger partial charge in [-0.1, -0.05) is 13.0 Å². The average Bonchev–Trinajstić information content (AvgIpc) is 2.46. The molecule has 0 spiro atoms. The van der Waals surface area contributed by atoms with Crippen molar-refractivity contribution in [2.24, 2.45) is 0 Å². The van der Waals surface area contributed by atoms with Crippen LogP contribution >= 0.6 is 0 Å². The second-order valence-corrected chi connectivity index (χ2v) is 4.46. The van der Waals surface area contributed by atoms with Crippen LogP contribution in [0.4, 0.5) is 20.2 Å². The molecule has 1 aromatic heterocycles. The highest BCUT2D eigenvalue weighted by Crippen LogP contribution is 2.29. The van der Waals surface area contributed by atoms with Crippen LogP contribution in [0.3, 0.4) is 0 Å². The van der Waals surface area contributed by atoms with Crippen molar-refractivity contribution < 1.29 is 8.78 Å². The van der Waals surface area contributed by atoms with Crippen LogP contribution in [0, 0.1) is 0 Å². The SMILES string of the molecule is CCc1cccnc1CNc1ccc(N)cc1C(F)F. The van der Waals surface area contributed by atoms with E-state index in [0.717, 1.165) is 17.7 Å². The molecule has 0 bridgehead atoms. The van der Waals surface area contributed by atoms with Crippen LogP contribution in [0.5, 0.6) is 0 Å². The predicted octanol–water partition coefficient (Wildman–Crippen LogP) is 3.78. The fraction of sp³-hybridized carbons (Fsp3) is 0.267. The first-order valence-corrected chi connectivity index (χ1v) is 6.46. The number of aryl methyl sites for hydroxylation is 1. The van der Waals surface area contributed by atoms with Gasteiger partial charge in [0.15, 0.2) is 0 Å². The number of hydrogen-bond donors (Lipinski definition) is 2. The maximum absolute atomic E-state index is 13.0. The highest BCUT2D eigenvalue weighted by atomic mass is 19.3. The van der Waals surface area contributed by atoms with Crippen LogP contribution in [-0.4, -0.2) is 4.98 Å². The molecule has 0 saturated carbocycles. The zero-order valence-corrected chi connectivity index (χ0v) is 11.2. The molecule has 0 atom stereocenters. The highest BCUT2D eigenvalue weighted by molar-refractivity contribution is 5.58. The molecule has 0 aliphatic heterocycles. The first-order chi connectivity index (χ1) is 9.61. The van der Waals surface area contributed by atoms with Gasteiger partial charge in [0, 0.05) is 23.1 Å². The van der Waals surface area contributed by atoms with Gasteiger partial charge in [-0.05, 0) is 36.2 Å². The van der Waals surface area contributed by atoms with E-state index >= 15 is 0 Å². The van der Waals surface area contributed by atoms with Gasteiger partial charge >= 0.3 is 0 Å². The molecule has 1 heterocycles. The minimum Gasteiger partial charge on any atom is -0.399 e. The van der Waals surface area contributed by atoms with E-state index in [4.69, 9.17) is 5.73 Å². The minimum absolute atomic E-state index is 0.0843. The first-order valence-electron chi connectivity index (χ1n) is 6.46. The number of nitrogens with one attached hydrogen (secondary N) is 1. The summed E-state index contributed by atoms with van der Waals surface area (Å²) in [5.41, 5.74) is 8.16. The van der Waals surface area contributed by atoms with Gasteiger partial charge in [-0.15, -0.1) is 0 Å². The lowest BCUT2D eigenvalue weighted by Crippen LogP contribution is -2.07. The van der Waals surface area contributed by atoms with E-state index in [1.807, 2.05) is 19.1 Å². The van der Waals surface area contributed by atoms with Gasteiger partial charge in [0.2, 0.25) is 0 Å². The monoisotopic (exact) mass is 277 g/mol. The zero-order chi connectivity index (χ0) is 14.5. The molecule has 3 nitrogen and oxygen atoms in total. The summed E-state index contributed by atoms with van der Waals surface area (Å²) in [5.74, 6) is 0. The van der Waals surface area contributed by atoms with Gasteiger partial charge < -0.3 is 11.1 Å². The van der Waals surface area contributed by atoms with E-state index in [0.29, 0.717) is 17.9 Å². The molecule has 0 fully saturated rings. The summed E-state index contributed by atoms with van der Waals surface area (Å²) in [7, 11) is 0. The second-order valence-electron chi connectivity index (χ2n) is 4.46. The Morgan fingerprint density at radius 1 is 1.30 bits per heavy atom. The molecule has 0 aliphatic carbocycles. The molecule has 2 rings (SSSR count). The Bertz CT molecular complexity index is 585. The quantitative estimate of drug-likeness (QED) is 0.818. The Morgan fingerprint density at radius 2 is 2.10 bits per heavy atom. The fourth-order valence-electron chi connectivity index (χ4n) is 2.05. The van der Waals surface area contributed by atoms with Crippen LogP contribution in [0.2, 0.25) is 0 Å². The van der Waals surface area contributed by atoms with Crippen LogP contribution in [0.1, 0.15) is 30.2 Å². The van der Waals surface area contributed by atoms with Crippen molar-refractivity contribution in [3.63, 3.8) is 0 Å². The number of aromatic nitrogens is 1. The van der Waals surface area contributed by atoms with E-state index < -0.39 is 6.43 Å². The third-order valence-corrected chi connectivity index (χ3v) is 3.12. The maximum Gasteiger partial charge on any atom is 0.265 e. The fourth-order valence-corrected chi connectivity index (χ4v) is 2.05. The standard InChI is InChI=1S/C15H17F2N3/c1-2-10-4-3-7-19-14(10)9-20-13-6-5-11(18)8-12(13)15(16)17/h3-8,15,20H,2,9,18H2,1H3. The number of hydrogen-bond acceptors (Lipinski definition) is 3. The Hall–Kier alpha value is -2.17. The van der Waals surface area contributed by atoms with Gasteiger partial charge in [0.05, 0.1) is 12.2 Å². The number of pyridine rings is 1. The minimum atomic E-state index is -2.56. The van der Waals surface area contributed by atoms with Crippen molar-refractivity contribution >= 4 is 11.4 Å². The third-order valence-electron chi connectivity index (χ3n) is 3.12. The summed E-state index contributed by atoms with van der Waals surface area (Å²) in [6, 6.07) is 8.34. The van der Waals surface area contributed by atoms with Crippen molar-refractivity contribution in [1.82, 2.24) is 4.98 Å². The number of nitrogens with two attached hydrogens (primary N) is 1. The average molecular weight is 277 g/mol. The van der Waals surface area contributed by atoms with Gasteiger partial charge in [-0.2, -0.15) is 0 Å². The molecule has 0 radical (unpaired) electrons. The normalized spacial score (nSPS) is 10.8. The summed E-state index contributed by atoms with van der Waals surface area (Å²) in [6.07, 6.45) is -0.00282. The number of benzene rings is 1. The number of nitrogens with zero attached hydrogens (tertiary/aromatic N) is 1. The number of alkyl halides is 2. The van der Waals surface area contributed by atoms with Crippen LogP contribution in [0.25, 0.3) is 0 Å². The smallest absolute Gasteiger partial charge is 0.265 e. The van der Waals surface area contributed by atoms with Gasteiger partial charge in [0.25, 0.3) is 6.43 Å². The lowest BCUT2D eigenvalue weighted by molar-refractivity contribution is 0.152. The molecule has 1 aromatic carbocycles. The van der Waals surface area contributed by atoms with E-state index in [1.165, 1.54) is 6.07 Å². The first kappa shape index (κ1) is 14.2. The molecular formula is C15H17F2N3. The van der Waals surface area contributed by atoms with Crippen molar-refractivity contribution in [3.8, 4) is 0 Å². The topological polar surface area (TPSA) is 50.9 Å². The van der Waals surface area contributed by atoms with E-state index in [9.17, 15) is 8.78 Å². The maximum atomic E-state index is 13.0. The van der Waals surface area contributed by atoms with E-state index in [-0.39, 0.29) is 5.56 Å². The van der Waals surface area contributed by atoms with Gasteiger partial charge in [0.1, 0.15) is 0 Å². The highest BCUT2D eigenvalue weighted by Gasteiger charge is 2.13. The van der Waals surface area contributed by atoms with Crippen molar-refractivity contribution in [2.75, 3.05) is 11.1 Å². The molecule has 106 valence electrons. The number of halogens is 2. The van der Waals surface area contributed by atoms with Crippen LogP contribution in [-0.2, 0) is 13.0 Å². The Labute approximate surface area is 116 Å². The third kappa shape index (κ3) is 3.23. The van der Waals surface area contributed by atoms with Crippen LogP contribution in [0.15, 0.2) is 36.5 Å². The van der Waals surface area contributed by atoms with Gasteiger partial charge in [-0.25, -0.2) is 8.78 Å². The van der Waals surface area contributed by atoms with E-state index in [2.05, 4.69) is 10.3 Å². The molecule has 5 heteroatoms. The van der Waals surface area contributed by atoms with Crippen molar-refractivity contribution in [3.05, 3.63) is 53.3 Å². The lowest BCUT2D eigenvalue weighted by atomic mass is 10.1. The molecule has 0 amide bonds. The molecule has 3 N–H and O–H groups in total. The molecular weight excluding hydrogens is 260 g/mol. The summed E-state index contributed by atoms with van der Waals surface area (Å²) in [6.45, 7) is 2.45.